The van der Waals surface area contributed by atoms with E-state index in [1.54, 1.807) is 41.2 Å². The molecular formula is C24H24N4O4. The van der Waals surface area contributed by atoms with Gasteiger partial charge in [0.25, 0.3) is 0 Å². The standard InChI is InChI=1S/C24H24N4O4/c1-13(2)28-23-20(11-26-28)19(10-21(27-23)18-8-14(3)32-15(18)4)24(30)31-12-16-6-5-7-17(9-16)22(25)29/h5-11,13H,12H2,1-4H3,(H2,25,29). The lowest BCUT2D eigenvalue weighted by Gasteiger charge is -2.11. The van der Waals surface area contributed by atoms with Crippen LogP contribution in [0.3, 0.4) is 0 Å². The van der Waals surface area contributed by atoms with Crippen molar-refractivity contribution in [3.05, 3.63) is 70.8 Å². The van der Waals surface area contributed by atoms with Crippen LogP contribution in [0, 0.1) is 13.8 Å². The molecule has 0 atom stereocenters. The number of aromatic nitrogens is 3. The SMILES string of the molecule is Cc1cc(-c2cc(C(=O)OCc3cccc(C(N)=O)c3)c3cnn(C(C)C)c3n2)c(C)o1. The molecule has 1 amide bonds. The Labute approximate surface area is 185 Å². The smallest absolute Gasteiger partial charge is 0.339 e. The van der Waals surface area contributed by atoms with Crippen LogP contribution in [0.1, 0.15) is 57.7 Å². The minimum Gasteiger partial charge on any atom is -0.466 e. The number of pyridine rings is 1. The molecule has 0 aliphatic heterocycles. The first kappa shape index (κ1) is 21.3. The predicted octanol–water partition coefficient (Wildman–Crippen LogP) is 4.34. The van der Waals surface area contributed by atoms with Crippen molar-refractivity contribution in [3.63, 3.8) is 0 Å². The van der Waals surface area contributed by atoms with Crippen molar-refractivity contribution in [2.45, 2.75) is 40.3 Å². The van der Waals surface area contributed by atoms with Crippen LogP contribution < -0.4 is 5.73 Å². The van der Waals surface area contributed by atoms with E-state index in [4.69, 9.17) is 19.9 Å². The van der Waals surface area contributed by atoms with Gasteiger partial charge in [0.15, 0.2) is 5.65 Å². The lowest BCUT2D eigenvalue weighted by molar-refractivity contribution is 0.0475. The molecule has 0 aliphatic rings. The van der Waals surface area contributed by atoms with E-state index >= 15 is 0 Å². The summed E-state index contributed by atoms with van der Waals surface area (Å²) in [7, 11) is 0. The Balaban J connectivity index is 1.73. The number of nitrogens with zero attached hydrogens (tertiary/aromatic N) is 3. The van der Waals surface area contributed by atoms with Crippen molar-refractivity contribution in [2.75, 3.05) is 0 Å². The average molecular weight is 432 g/mol. The topological polar surface area (TPSA) is 113 Å². The molecule has 3 aromatic heterocycles. The number of esters is 1. The van der Waals surface area contributed by atoms with Gasteiger partial charge in [-0.25, -0.2) is 14.5 Å². The summed E-state index contributed by atoms with van der Waals surface area (Å²) in [6.45, 7) is 7.72. The highest BCUT2D eigenvalue weighted by atomic mass is 16.5. The maximum atomic E-state index is 13.1. The van der Waals surface area contributed by atoms with Gasteiger partial charge in [0, 0.05) is 17.2 Å². The number of benzene rings is 1. The Morgan fingerprint density at radius 3 is 2.62 bits per heavy atom. The van der Waals surface area contributed by atoms with Crippen LogP contribution in [0.25, 0.3) is 22.3 Å². The highest BCUT2D eigenvalue weighted by molar-refractivity contribution is 6.03. The number of primary amides is 1. The van der Waals surface area contributed by atoms with Crippen LogP contribution in [0.2, 0.25) is 0 Å². The lowest BCUT2D eigenvalue weighted by Crippen LogP contribution is -2.12. The lowest BCUT2D eigenvalue weighted by atomic mass is 10.1. The molecule has 3 heterocycles. The monoisotopic (exact) mass is 432 g/mol. The Bertz CT molecular complexity index is 1330. The van der Waals surface area contributed by atoms with E-state index in [0.29, 0.717) is 39.2 Å². The fraction of sp³-hybridized carbons (Fsp3) is 0.250. The van der Waals surface area contributed by atoms with Gasteiger partial charge in [-0.1, -0.05) is 12.1 Å². The number of ether oxygens (including phenoxy) is 1. The van der Waals surface area contributed by atoms with E-state index in [2.05, 4.69) is 5.10 Å². The van der Waals surface area contributed by atoms with E-state index < -0.39 is 11.9 Å². The minimum absolute atomic E-state index is 0.00126. The summed E-state index contributed by atoms with van der Waals surface area (Å²) in [6, 6.07) is 10.3. The third-order valence-electron chi connectivity index (χ3n) is 5.17. The van der Waals surface area contributed by atoms with Crippen molar-refractivity contribution < 1.29 is 18.7 Å². The molecule has 2 N–H and O–H groups in total. The quantitative estimate of drug-likeness (QED) is 0.453. The zero-order chi connectivity index (χ0) is 23.0. The van der Waals surface area contributed by atoms with Crippen molar-refractivity contribution in [2.24, 2.45) is 5.73 Å². The summed E-state index contributed by atoms with van der Waals surface area (Å²) in [5.74, 6) is 0.428. The van der Waals surface area contributed by atoms with Gasteiger partial charge in [-0.05, 0) is 57.5 Å². The second-order valence-corrected chi connectivity index (χ2v) is 7.94. The van der Waals surface area contributed by atoms with E-state index in [-0.39, 0.29) is 12.6 Å². The van der Waals surface area contributed by atoms with Crippen molar-refractivity contribution in [3.8, 4) is 11.3 Å². The summed E-state index contributed by atoms with van der Waals surface area (Å²) in [5, 5.41) is 5.03. The molecule has 0 aliphatic carbocycles. The fourth-order valence-electron chi connectivity index (χ4n) is 3.63. The second-order valence-electron chi connectivity index (χ2n) is 7.94. The molecule has 0 fully saturated rings. The normalized spacial score (nSPS) is 11.3. The third kappa shape index (κ3) is 3.99. The van der Waals surface area contributed by atoms with Crippen LogP contribution in [0.15, 0.2) is 47.0 Å². The van der Waals surface area contributed by atoms with Gasteiger partial charge in [0.2, 0.25) is 5.91 Å². The summed E-state index contributed by atoms with van der Waals surface area (Å²) < 4.78 is 13.0. The zero-order valence-corrected chi connectivity index (χ0v) is 18.4. The summed E-state index contributed by atoms with van der Waals surface area (Å²) in [6.07, 6.45) is 1.63. The van der Waals surface area contributed by atoms with Crippen molar-refractivity contribution >= 4 is 22.9 Å². The van der Waals surface area contributed by atoms with Crippen LogP contribution in [-0.4, -0.2) is 26.6 Å². The summed E-state index contributed by atoms with van der Waals surface area (Å²) in [5.41, 5.74) is 8.73. The van der Waals surface area contributed by atoms with Gasteiger partial charge >= 0.3 is 5.97 Å². The number of furan rings is 1. The summed E-state index contributed by atoms with van der Waals surface area (Å²) >= 11 is 0. The van der Waals surface area contributed by atoms with Gasteiger partial charge in [-0.2, -0.15) is 5.10 Å². The molecule has 8 nitrogen and oxygen atoms in total. The zero-order valence-electron chi connectivity index (χ0n) is 18.4. The highest BCUT2D eigenvalue weighted by Crippen LogP contribution is 2.30. The van der Waals surface area contributed by atoms with E-state index in [1.165, 1.54) is 0 Å². The molecule has 0 radical (unpaired) electrons. The maximum Gasteiger partial charge on any atom is 0.339 e. The molecule has 32 heavy (non-hydrogen) atoms. The molecule has 4 aromatic rings. The van der Waals surface area contributed by atoms with Gasteiger partial charge in [0.1, 0.15) is 18.1 Å². The number of carbonyl (C=O) groups is 2. The van der Waals surface area contributed by atoms with Crippen LogP contribution in [-0.2, 0) is 11.3 Å². The number of nitrogens with two attached hydrogens (primary N) is 1. The third-order valence-corrected chi connectivity index (χ3v) is 5.17. The molecule has 1 aromatic carbocycles. The van der Waals surface area contributed by atoms with Gasteiger partial charge in [0.05, 0.1) is 22.8 Å². The number of aryl methyl sites for hydroxylation is 2. The average Bonchev–Trinajstić information content (AvgIpc) is 3.33. The van der Waals surface area contributed by atoms with Gasteiger partial charge in [-0.15, -0.1) is 0 Å². The van der Waals surface area contributed by atoms with E-state index in [1.807, 2.05) is 33.8 Å². The molecule has 0 bridgehead atoms. The highest BCUT2D eigenvalue weighted by Gasteiger charge is 2.21. The first-order valence-electron chi connectivity index (χ1n) is 10.3. The van der Waals surface area contributed by atoms with Gasteiger partial charge < -0.3 is 14.9 Å². The molecule has 8 heteroatoms. The molecule has 0 unspecified atom stereocenters. The molecule has 4 rings (SSSR count). The molecule has 164 valence electrons. The first-order valence-corrected chi connectivity index (χ1v) is 10.3. The van der Waals surface area contributed by atoms with E-state index in [9.17, 15) is 9.59 Å². The van der Waals surface area contributed by atoms with Gasteiger partial charge in [-0.3, -0.25) is 4.79 Å². The van der Waals surface area contributed by atoms with Crippen LogP contribution in [0.5, 0.6) is 0 Å². The molecular weight excluding hydrogens is 408 g/mol. The Morgan fingerprint density at radius 1 is 1.19 bits per heavy atom. The predicted molar refractivity (Wildman–Crippen MR) is 119 cm³/mol. The minimum atomic E-state index is -0.537. The van der Waals surface area contributed by atoms with Crippen LogP contribution in [0.4, 0.5) is 0 Å². The fourth-order valence-corrected chi connectivity index (χ4v) is 3.63. The molecule has 0 saturated carbocycles. The molecule has 0 saturated heterocycles. The number of carbonyl (C=O) groups excluding carboxylic acids is 2. The summed E-state index contributed by atoms with van der Waals surface area (Å²) in [4.78, 5) is 29.3. The Kier molecular flexibility index (Phi) is 5.52. The number of rotatable bonds is 6. The second kappa shape index (κ2) is 8.30. The molecule has 0 spiro atoms. The van der Waals surface area contributed by atoms with E-state index in [0.717, 1.165) is 11.3 Å². The van der Waals surface area contributed by atoms with Crippen molar-refractivity contribution in [1.82, 2.24) is 14.8 Å². The Morgan fingerprint density at radius 2 is 1.97 bits per heavy atom. The largest absolute Gasteiger partial charge is 0.466 e. The number of amides is 1. The Hall–Kier alpha value is -3.94. The van der Waals surface area contributed by atoms with Crippen LogP contribution >= 0.6 is 0 Å². The number of fused-ring (bicyclic) bond motifs is 1. The number of hydrogen-bond acceptors (Lipinski definition) is 6. The number of hydrogen-bond donors (Lipinski definition) is 1. The maximum absolute atomic E-state index is 13.1. The first-order chi connectivity index (χ1) is 15.2. The van der Waals surface area contributed by atoms with Crippen molar-refractivity contribution in [1.29, 1.82) is 0 Å².